The zero-order chi connectivity index (χ0) is 13.2. The zero-order valence-corrected chi connectivity index (χ0v) is 10.0. The van der Waals surface area contributed by atoms with Crippen LogP contribution in [0.4, 0.5) is 8.78 Å². The van der Waals surface area contributed by atoms with Gasteiger partial charge in [-0.1, -0.05) is 6.42 Å². The normalized spacial score (nSPS) is 17.1. The summed E-state index contributed by atoms with van der Waals surface area (Å²) in [6.45, 7) is 0.286. The highest BCUT2D eigenvalue weighted by molar-refractivity contribution is 5.83. The van der Waals surface area contributed by atoms with E-state index in [2.05, 4.69) is 5.32 Å². The lowest BCUT2D eigenvalue weighted by Crippen LogP contribution is -2.50. The fraction of sp³-hybridized carbons (Fsp3) is 0.462. The van der Waals surface area contributed by atoms with Crippen LogP contribution in [0, 0.1) is 17.0 Å². The first-order chi connectivity index (χ1) is 8.57. The van der Waals surface area contributed by atoms with Crippen LogP contribution < -0.4 is 11.1 Å². The Bertz CT molecular complexity index is 453. The predicted molar refractivity (Wildman–Crippen MR) is 63.5 cm³/mol. The fourth-order valence-electron chi connectivity index (χ4n) is 2.17. The van der Waals surface area contributed by atoms with Crippen LogP contribution >= 0.6 is 0 Å². The molecule has 0 aromatic heterocycles. The number of carbonyl (C=O) groups excluding carboxylic acids is 1. The number of benzene rings is 1. The topological polar surface area (TPSA) is 55.1 Å². The molecule has 0 spiro atoms. The molecule has 0 bridgehead atoms. The van der Waals surface area contributed by atoms with Crippen LogP contribution in [-0.2, 0) is 11.3 Å². The molecule has 2 rings (SSSR count). The van der Waals surface area contributed by atoms with Crippen molar-refractivity contribution in [2.45, 2.75) is 25.8 Å². The first kappa shape index (κ1) is 13.0. The largest absolute Gasteiger partial charge is 0.351 e. The average molecular weight is 254 g/mol. The number of carbonyl (C=O) groups is 1. The number of nitrogens with two attached hydrogens (primary N) is 1. The van der Waals surface area contributed by atoms with Gasteiger partial charge in [-0.25, -0.2) is 8.78 Å². The summed E-state index contributed by atoms with van der Waals surface area (Å²) in [6, 6.07) is 3.19. The molecule has 18 heavy (non-hydrogen) atoms. The van der Waals surface area contributed by atoms with Crippen molar-refractivity contribution in [2.75, 3.05) is 6.54 Å². The van der Waals surface area contributed by atoms with Crippen molar-refractivity contribution in [3.63, 3.8) is 0 Å². The summed E-state index contributed by atoms with van der Waals surface area (Å²) >= 11 is 0. The lowest BCUT2D eigenvalue weighted by Gasteiger charge is -2.39. The first-order valence-electron chi connectivity index (χ1n) is 6.00. The highest BCUT2D eigenvalue weighted by Crippen LogP contribution is 2.40. The molecule has 1 aliphatic rings. The summed E-state index contributed by atoms with van der Waals surface area (Å²) in [5.41, 5.74) is 5.25. The summed E-state index contributed by atoms with van der Waals surface area (Å²) in [7, 11) is 0. The van der Waals surface area contributed by atoms with E-state index in [-0.39, 0.29) is 18.0 Å². The standard InChI is InChI=1S/C13H16F2N2O/c14-10-2-3-11(15)9(6-10)7-17-12(18)13(8-16)4-1-5-13/h2-3,6H,1,4-5,7-8,16H2,(H,17,18). The highest BCUT2D eigenvalue weighted by Gasteiger charge is 2.42. The number of hydrogen-bond donors (Lipinski definition) is 2. The van der Waals surface area contributed by atoms with Crippen LogP contribution in [0.5, 0.6) is 0 Å². The molecule has 1 fully saturated rings. The average Bonchev–Trinajstić information content (AvgIpc) is 2.29. The predicted octanol–water partition coefficient (Wildman–Crippen LogP) is 1.71. The minimum absolute atomic E-state index is 0.00975. The van der Waals surface area contributed by atoms with E-state index in [1.807, 2.05) is 0 Å². The Balaban J connectivity index is 1.99. The monoisotopic (exact) mass is 254 g/mol. The molecule has 5 heteroatoms. The van der Waals surface area contributed by atoms with Gasteiger partial charge in [0, 0.05) is 18.7 Å². The molecule has 98 valence electrons. The lowest BCUT2D eigenvalue weighted by atomic mass is 9.68. The van der Waals surface area contributed by atoms with Crippen LogP contribution in [0.3, 0.4) is 0 Å². The van der Waals surface area contributed by atoms with E-state index in [0.29, 0.717) is 6.54 Å². The molecular weight excluding hydrogens is 238 g/mol. The molecule has 1 aromatic rings. The van der Waals surface area contributed by atoms with E-state index in [1.54, 1.807) is 0 Å². The van der Waals surface area contributed by atoms with Gasteiger partial charge in [0.25, 0.3) is 0 Å². The quantitative estimate of drug-likeness (QED) is 0.859. The van der Waals surface area contributed by atoms with E-state index in [1.165, 1.54) is 0 Å². The molecule has 3 nitrogen and oxygen atoms in total. The van der Waals surface area contributed by atoms with Gasteiger partial charge in [-0.15, -0.1) is 0 Å². The number of amides is 1. The molecule has 0 radical (unpaired) electrons. The van der Waals surface area contributed by atoms with Crippen molar-refractivity contribution < 1.29 is 13.6 Å². The molecule has 1 amide bonds. The third kappa shape index (κ3) is 2.36. The van der Waals surface area contributed by atoms with Gasteiger partial charge in [-0.05, 0) is 31.0 Å². The molecule has 1 aliphatic carbocycles. The van der Waals surface area contributed by atoms with Gasteiger partial charge < -0.3 is 11.1 Å². The molecule has 0 heterocycles. The fourth-order valence-corrected chi connectivity index (χ4v) is 2.17. The maximum absolute atomic E-state index is 13.4. The van der Waals surface area contributed by atoms with Crippen LogP contribution in [-0.4, -0.2) is 12.5 Å². The number of halogens is 2. The van der Waals surface area contributed by atoms with E-state index in [9.17, 15) is 13.6 Å². The maximum Gasteiger partial charge on any atom is 0.227 e. The van der Waals surface area contributed by atoms with Gasteiger partial charge in [0.05, 0.1) is 5.41 Å². The smallest absolute Gasteiger partial charge is 0.227 e. The molecule has 1 aromatic carbocycles. The van der Waals surface area contributed by atoms with Crippen LogP contribution in [0.1, 0.15) is 24.8 Å². The maximum atomic E-state index is 13.4. The second kappa shape index (κ2) is 5.02. The van der Waals surface area contributed by atoms with Gasteiger partial charge in [0.1, 0.15) is 11.6 Å². The van der Waals surface area contributed by atoms with E-state index < -0.39 is 17.0 Å². The van der Waals surface area contributed by atoms with Crippen LogP contribution in [0.25, 0.3) is 0 Å². The van der Waals surface area contributed by atoms with Crippen molar-refractivity contribution in [1.29, 1.82) is 0 Å². The number of nitrogens with one attached hydrogen (secondary N) is 1. The third-order valence-corrected chi connectivity index (χ3v) is 3.63. The Kier molecular flexibility index (Phi) is 3.61. The van der Waals surface area contributed by atoms with Gasteiger partial charge in [0.2, 0.25) is 5.91 Å². The van der Waals surface area contributed by atoms with E-state index in [4.69, 9.17) is 5.73 Å². The van der Waals surface area contributed by atoms with Crippen molar-refractivity contribution in [3.8, 4) is 0 Å². The Hall–Kier alpha value is -1.49. The Morgan fingerprint density at radius 1 is 1.39 bits per heavy atom. The summed E-state index contributed by atoms with van der Waals surface area (Å²) in [5, 5.41) is 2.64. The third-order valence-electron chi connectivity index (χ3n) is 3.63. The lowest BCUT2D eigenvalue weighted by molar-refractivity contribution is -0.135. The van der Waals surface area contributed by atoms with Crippen molar-refractivity contribution >= 4 is 5.91 Å². The SMILES string of the molecule is NCC1(C(=O)NCc2cc(F)ccc2F)CCC1. The molecule has 0 unspecified atom stereocenters. The van der Waals surface area contributed by atoms with Crippen molar-refractivity contribution in [3.05, 3.63) is 35.4 Å². The second-order valence-electron chi connectivity index (χ2n) is 4.76. The first-order valence-corrected chi connectivity index (χ1v) is 6.00. The summed E-state index contributed by atoms with van der Waals surface area (Å²) in [4.78, 5) is 11.9. The van der Waals surface area contributed by atoms with Gasteiger partial charge in [0.15, 0.2) is 0 Å². The van der Waals surface area contributed by atoms with Gasteiger partial charge >= 0.3 is 0 Å². The molecule has 1 saturated carbocycles. The second-order valence-corrected chi connectivity index (χ2v) is 4.76. The summed E-state index contributed by atoms with van der Waals surface area (Å²) in [6.07, 6.45) is 2.51. The van der Waals surface area contributed by atoms with Gasteiger partial charge in [-0.3, -0.25) is 4.79 Å². The van der Waals surface area contributed by atoms with Crippen LogP contribution in [0.2, 0.25) is 0 Å². The number of hydrogen-bond acceptors (Lipinski definition) is 2. The zero-order valence-electron chi connectivity index (χ0n) is 10.0. The molecule has 3 N–H and O–H groups in total. The minimum Gasteiger partial charge on any atom is -0.351 e. The van der Waals surface area contributed by atoms with Crippen molar-refractivity contribution in [2.24, 2.45) is 11.1 Å². The van der Waals surface area contributed by atoms with Crippen molar-refractivity contribution in [1.82, 2.24) is 5.32 Å². The summed E-state index contributed by atoms with van der Waals surface area (Å²) in [5.74, 6) is -1.20. The number of rotatable bonds is 4. The Morgan fingerprint density at radius 2 is 2.11 bits per heavy atom. The molecule has 0 saturated heterocycles. The summed E-state index contributed by atoms with van der Waals surface area (Å²) < 4.78 is 26.3. The Labute approximate surface area is 104 Å². The molecule has 0 atom stereocenters. The minimum atomic E-state index is -0.521. The van der Waals surface area contributed by atoms with E-state index >= 15 is 0 Å². The molecule has 0 aliphatic heterocycles. The highest BCUT2D eigenvalue weighted by atomic mass is 19.1. The Morgan fingerprint density at radius 3 is 2.67 bits per heavy atom. The molecular formula is C13H16F2N2O. The van der Waals surface area contributed by atoms with Crippen LogP contribution in [0.15, 0.2) is 18.2 Å². The van der Waals surface area contributed by atoms with Gasteiger partial charge in [-0.2, -0.15) is 0 Å². The van der Waals surface area contributed by atoms with E-state index in [0.717, 1.165) is 37.5 Å².